The Hall–Kier alpha value is 0.490. The van der Waals surface area contributed by atoms with E-state index < -0.39 is 5.51 Å². The molecule has 0 aromatic heterocycles. The summed E-state index contributed by atoms with van der Waals surface area (Å²) in [4.78, 5) is 0. The SMILES string of the molecule is CSCCC(C)SC(F)(F)F. The van der Waals surface area contributed by atoms with E-state index >= 15 is 0 Å². The smallest absolute Gasteiger partial charge is 0.165 e. The molecular weight excluding hydrogens is 193 g/mol. The molecule has 0 fully saturated rings. The molecule has 0 bridgehead atoms. The maximum absolute atomic E-state index is 11.7. The molecule has 0 rings (SSSR count). The molecule has 0 aliphatic rings. The number of hydrogen-bond acceptors (Lipinski definition) is 2. The van der Waals surface area contributed by atoms with Crippen molar-refractivity contribution in [1.82, 2.24) is 0 Å². The van der Waals surface area contributed by atoms with E-state index in [4.69, 9.17) is 0 Å². The molecule has 0 aliphatic heterocycles. The molecule has 0 nitrogen and oxygen atoms in total. The van der Waals surface area contributed by atoms with Gasteiger partial charge in [-0.2, -0.15) is 24.9 Å². The maximum atomic E-state index is 11.7. The van der Waals surface area contributed by atoms with Crippen LogP contribution in [0.15, 0.2) is 0 Å². The van der Waals surface area contributed by atoms with Gasteiger partial charge in [0.05, 0.1) is 0 Å². The van der Waals surface area contributed by atoms with Gasteiger partial charge < -0.3 is 0 Å². The summed E-state index contributed by atoms with van der Waals surface area (Å²) in [6.07, 6.45) is 2.51. The Labute approximate surface area is 73.3 Å². The molecule has 0 heterocycles. The highest BCUT2D eigenvalue weighted by atomic mass is 32.2. The van der Waals surface area contributed by atoms with Crippen LogP contribution in [0.1, 0.15) is 13.3 Å². The van der Waals surface area contributed by atoms with Crippen molar-refractivity contribution in [3.8, 4) is 0 Å². The van der Waals surface area contributed by atoms with E-state index in [9.17, 15) is 13.2 Å². The summed E-state index contributed by atoms with van der Waals surface area (Å²) in [5, 5.41) is -0.317. The maximum Gasteiger partial charge on any atom is 0.442 e. The van der Waals surface area contributed by atoms with Crippen molar-refractivity contribution in [2.45, 2.75) is 24.1 Å². The van der Waals surface area contributed by atoms with Gasteiger partial charge in [0, 0.05) is 5.25 Å². The topological polar surface area (TPSA) is 0 Å². The van der Waals surface area contributed by atoms with Gasteiger partial charge in [0.1, 0.15) is 0 Å². The van der Waals surface area contributed by atoms with E-state index in [0.717, 1.165) is 5.75 Å². The fraction of sp³-hybridized carbons (Fsp3) is 1.00. The first-order valence-electron chi connectivity index (χ1n) is 3.19. The van der Waals surface area contributed by atoms with Crippen molar-refractivity contribution < 1.29 is 13.2 Å². The van der Waals surface area contributed by atoms with Crippen LogP contribution < -0.4 is 0 Å². The van der Waals surface area contributed by atoms with Crippen LogP contribution in [0, 0.1) is 0 Å². The second-order valence-electron chi connectivity index (χ2n) is 2.16. The van der Waals surface area contributed by atoms with Gasteiger partial charge in [0.15, 0.2) is 0 Å². The lowest BCUT2D eigenvalue weighted by Gasteiger charge is -2.11. The van der Waals surface area contributed by atoms with Crippen molar-refractivity contribution in [2.24, 2.45) is 0 Å². The lowest BCUT2D eigenvalue weighted by atomic mass is 10.4. The van der Waals surface area contributed by atoms with E-state index in [2.05, 4.69) is 0 Å². The molecule has 0 aromatic carbocycles. The molecule has 1 unspecified atom stereocenters. The lowest BCUT2D eigenvalue weighted by molar-refractivity contribution is -0.0333. The molecule has 0 aromatic rings. The van der Waals surface area contributed by atoms with Crippen molar-refractivity contribution in [3.05, 3.63) is 0 Å². The summed E-state index contributed by atoms with van der Waals surface area (Å²) in [7, 11) is 0. The molecule has 1 atom stereocenters. The van der Waals surface area contributed by atoms with Crippen LogP contribution in [-0.2, 0) is 0 Å². The fourth-order valence-electron chi connectivity index (χ4n) is 0.571. The Morgan fingerprint density at radius 1 is 1.36 bits per heavy atom. The Balaban J connectivity index is 3.44. The van der Waals surface area contributed by atoms with Crippen LogP contribution in [0.3, 0.4) is 0 Å². The number of hydrogen-bond donors (Lipinski definition) is 0. The van der Waals surface area contributed by atoms with Crippen LogP contribution in [-0.4, -0.2) is 22.8 Å². The zero-order chi connectivity index (χ0) is 8.91. The highest BCUT2D eigenvalue weighted by Crippen LogP contribution is 2.35. The van der Waals surface area contributed by atoms with E-state index in [-0.39, 0.29) is 17.0 Å². The van der Waals surface area contributed by atoms with Crippen molar-refractivity contribution in [2.75, 3.05) is 12.0 Å². The molecule has 0 amide bonds. The van der Waals surface area contributed by atoms with Gasteiger partial charge in [-0.3, -0.25) is 0 Å². The first-order valence-corrected chi connectivity index (χ1v) is 5.46. The number of alkyl halides is 3. The van der Waals surface area contributed by atoms with E-state index in [1.165, 1.54) is 0 Å². The summed E-state index contributed by atoms with van der Waals surface area (Å²) in [6.45, 7) is 1.61. The predicted octanol–water partition coefficient (Wildman–Crippen LogP) is 3.38. The molecule has 0 saturated heterocycles. The van der Waals surface area contributed by atoms with Crippen LogP contribution in [0.4, 0.5) is 13.2 Å². The Kier molecular flexibility index (Phi) is 5.42. The van der Waals surface area contributed by atoms with E-state index in [0.29, 0.717) is 6.42 Å². The van der Waals surface area contributed by atoms with Gasteiger partial charge in [-0.25, -0.2) is 0 Å². The summed E-state index contributed by atoms with van der Waals surface area (Å²) in [5.41, 5.74) is -4.07. The number of thioether (sulfide) groups is 2. The van der Waals surface area contributed by atoms with Gasteiger partial charge in [0.25, 0.3) is 0 Å². The van der Waals surface area contributed by atoms with Gasteiger partial charge in [0.2, 0.25) is 0 Å². The third-order valence-corrected chi connectivity index (χ3v) is 2.61. The van der Waals surface area contributed by atoms with E-state index in [1.807, 2.05) is 6.26 Å². The monoisotopic (exact) mass is 204 g/mol. The van der Waals surface area contributed by atoms with Crippen LogP contribution in [0.2, 0.25) is 0 Å². The van der Waals surface area contributed by atoms with Crippen molar-refractivity contribution in [3.63, 3.8) is 0 Å². The average molecular weight is 204 g/mol. The van der Waals surface area contributed by atoms with E-state index in [1.54, 1.807) is 18.7 Å². The molecule has 11 heavy (non-hydrogen) atoms. The van der Waals surface area contributed by atoms with Gasteiger partial charge in [-0.05, 0) is 30.2 Å². The lowest BCUT2D eigenvalue weighted by Crippen LogP contribution is -2.09. The minimum absolute atomic E-state index is 0.0833. The van der Waals surface area contributed by atoms with Gasteiger partial charge in [-0.15, -0.1) is 0 Å². The van der Waals surface area contributed by atoms with Crippen LogP contribution >= 0.6 is 23.5 Å². The molecule has 0 radical (unpaired) electrons. The van der Waals surface area contributed by atoms with Crippen molar-refractivity contribution in [1.29, 1.82) is 0 Å². The normalized spacial score (nSPS) is 15.0. The van der Waals surface area contributed by atoms with Gasteiger partial charge >= 0.3 is 5.51 Å². The third-order valence-electron chi connectivity index (χ3n) is 1.06. The molecule has 0 saturated carbocycles. The largest absolute Gasteiger partial charge is 0.442 e. The van der Waals surface area contributed by atoms with Crippen LogP contribution in [0.5, 0.6) is 0 Å². The molecule has 0 aliphatic carbocycles. The van der Waals surface area contributed by atoms with Crippen LogP contribution in [0.25, 0.3) is 0 Å². The molecule has 0 N–H and O–H groups in total. The zero-order valence-electron chi connectivity index (χ0n) is 6.44. The standard InChI is InChI=1S/C6H11F3S2/c1-5(3-4-10-2)11-6(7,8)9/h5H,3-4H2,1-2H3. The average Bonchev–Trinajstić information content (AvgIpc) is 1.79. The highest BCUT2D eigenvalue weighted by molar-refractivity contribution is 8.01. The van der Waals surface area contributed by atoms with Crippen molar-refractivity contribution >= 4 is 23.5 Å². The Morgan fingerprint density at radius 2 is 1.91 bits per heavy atom. The fourth-order valence-corrected chi connectivity index (χ4v) is 2.00. The summed E-state index contributed by atoms with van der Waals surface area (Å²) >= 11 is 1.66. The Bertz CT molecular complexity index is 102. The first-order chi connectivity index (χ1) is 4.95. The minimum Gasteiger partial charge on any atom is -0.165 e. The predicted molar refractivity (Wildman–Crippen MR) is 46.1 cm³/mol. The highest BCUT2D eigenvalue weighted by Gasteiger charge is 2.30. The summed E-state index contributed by atoms with van der Waals surface area (Å²) < 4.78 is 35.1. The quantitative estimate of drug-likeness (QED) is 0.688. The number of halogens is 3. The Morgan fingerprint density at radius 3 is 2.27 bits per heavy atom. The zero-order valence-corrected chi connectivity index (χ0v) is 8.07. The summed E-state index contributed by atoms with van der Waals surface area (Å²) in [6, 6.07) is 0. The van der Waals surface area contributed by atoms with Gasteiger partial charge in [-0.1, -0.05) is 6.92 Å². The summed E-state index contributed by atoms with van der Waals surface area (Å²) in [5.74, 6) is 0.796. The molecular formula is C6H11F3S2. The molecule has 0 spiro atoms. The minimum atomic E-state index is -4.07. The second kappa shape index (κ2) is 5.19. The molecule has 5 heteroatoms. The second-order valence-corrected chi connectivity index (χ2v) is 4.64. The molecule has 68 valence electrons. The number of rotatable bonds is 4. The third kappa shape index (κ3) is 8.40. The first kappa shape index (κ1) is 11.5.